The van der Waals surface area contributed by atoms with Crippen molar-refractivity contribution in [2.75, 3.05) is 6.54 Å². The van der Waals surface area contributed by atoms with Crippen LogP contribution in [-0.2, 0) is 27.2 Å². The van der Waals surface area contributed by atoms with Gasteiger partial charge in [-0.25, -0.2) is 4.79 Å². The number of amides is 2. The Morgan fingerprint density at radius 3 is 1.81 bits per heavy atom. The number of aliphatic carboxylic acids is 1. The fourth-order valence-corrected chi connectivity index (χ4v) is 2.81. The lowest BCUT2D eigenvalue weighted by Crippen LogP contribution is -2.57. The first-order chi connectivity index (χ1) is 12.9. The zero-order valence-corrected chi connectivity index (χ0v) is 14.8. The second kappa shape index (κ2) is 9.61. The predicted octanol–water partition coefficient (Wildman–Crippen LogP) is 0.566. The molecule has 27 heavy (non-hydrogen) atoms. The first kappa shape index (κ1) is 20.3. The Bertz CT molecular complexity index is 780. The lowest BCUT2D eigenvalue weighted by Gasteiger charge is -2.29. The van der Waals surface area contributed by atoms with Gasteiger partial charge in [0.2, 0.25) is 11.8 Å². The number of nitrogens with two attached hydrogens (primary N) is 2. The summed E-state index contributed by atoms with van der Waals surface area (Å²) >= 11 is 0. The highest BCUT2D eigenvalue weighted by atomic mass is 16.4. The Morgan fingerprint density at radius 2 is 1.37 bits per heavy atom. The molecule has 0 saturated heterocycles. The summed E-state index contributed by atoms with van der Waals surface area (Å²) in [7, 11) is 0. The van der Waals surface area contributed by atoms with Crippen LogP contribution < -0.4 is 11.5 Å². The molecule has 0 aliphatic carbocycles. The van der Waals surface area contributed by atoms with Crippen LogP contribution in [0, 0.1) is 0 Å². The lowest BCUT2D eigenvalue weighted by molar-refractivity contribution is -0.158. The first-order valence-electron chi connectivity index (χ1n) is 8.56. The van der Waals surface area contributed by atoms with Gasteiger partial charge in [-0.05, 0) is 17.5 Å². The summed E-state index contributed by atoms with van der Waals surface area (Å²) < 4.78 is 0. The van der Waals surface area contributed by atoms with Gasteiger partial charge < -0.3 is 16.6 Å². The van der Waals surface area contributed by atoms with Gasteiger partial charge in [-0.1, -0.05) is 60.7 Å². The Labute approximate surface area is 157 Å². The number of carboxylic acids is 1. The van der Waals surface area contributed by atoms with Crippen LogP contribution >= 0.6 is 0 Å². The minimum atomic E-state index is -1.38. The van der Waals surface area contributed by atoms with Gasteiger partial charge in [0.05, 0.1) is 12.6 Å². The molecule has 7 heteroatoms. The van der Waals surface area contributed by atoms with Gasteiger partial charge in [0.1, 0.15) is 6.04 Å². The number of nitrogens with zero attached hydrogens (tertiary/aromatic N) is 1. The molecule has 0 aliphatic heterocycles. The van der Waals surface area contributed by atoms with E-state index in [4.69, 9.17) is 11.5 Å². The van der Waals surface area contributed by atoms with Gasteiger partial charge in [-0.2, -0.15) is 0 Å². The highest BCUT2D eigenvalue weighted by molar-refractivity contribution is 6.02. The molecular formula is C20H23N3O4. The van der Waals surface area contributed by atoms with Crippen molar-refractivity contribution < 1.29 is 19.5 Å². The molecule has 2 aromatic rings. The van der Waals surface area contributed by atoms with Gasteiger partial charge in [-0.3, -0.25) is 14.5 Å². The summed E-state index contributed by atoms with van der Waals surface area (Å²) in [4.78, 5) is 37.7. The Kier molecular flexibility index (Phi) is 7.22. The Balaban J connectivity index is 2.26. The van der Waals surface area contributed by atoms with Crippen LogP contribution in [0.5, 0.6) is 0 Å². The molecule has 5 N–H and O–H groups in total. The third-order valence-corrected chi connectivity index (χ3v) is 4.16. The maximum Gasteiger partial charge on any atom is 0.327 e. The van der Waals surface area contributed by atoms with Crippen molar-refractivity contribution in [1.29, 1.82) is 0 Å². The molecule has 2 unspecified atom stereocenters. The van der Waals surface area contributed by atoms with Gasteiger partial charge in [0, 0.05) is 6.42 Å². The second-order valence-corrected chi connectivity index (χ2v) is 6.15. The molecule has 0 saturated carbocycles. The molecule has 0 spiro atoms. The topological polar surface area (TPSA) is 127 Å². The van der Waals surface area contributed by atoms with Crippen molar-refractivity contribution in [3.63, 3.8) is 0 Å². The molecule has 2 atom stereocenters. The highest BCUT2D eigenvalue weighted by Crippen LogP contribution is 2.13. The van der Waals surface area contributed by atoms with Crippen LogP contribution in [0.15, 0.2) is 60.7 Å². The molecule has 7 nitrogen and oxygen atoms in total. The zero-order chi connectivity index (χ0) is 19.8. The molecular weight excluding hydrogens is 346 g/mol. The van der Waals surface area contributed by atoms with Crippen LogP contribution in [-0.4, -0.2) is 46.4 Å². The van der Waals surface area contributed by atoms with Gasteiger partial charge in [-0.15, -0.1) is 0 Å². The number of carbonyl (C=O) groups is 3. The van der Waals surface area contributed by atoms with Crippen molar-refractivity contribution in [2.24, 2.45) is 11.5 Å². The summed E-state index contributed by atoms with van der Waals surface area (Å²) in [6.07, 6.45) is 0.164. The highest BCUT2D eigenvalue weighted by Gasteiger charge is 2.36. The van der Waals surface area contributed by atoms with Crippen molar-refractivity contribution in [1.82, 2.24) is 4.90 Å². The van der Waals surface area contributed by atoms with E-state index in [1.54, 1.807) is 42.5 Å². The fourth-order valence-electron chi connectivity index (χ4n) is 2.81. The first-order valence-corrected chi connectivity index (χ1v) is 8.56. The van der Waals surface area contributed by atoms with Crippen molar-refractivity contribution in [3.05, 3.63) is 71.8 Å². The number of hydrogen-bond donors (Lipinski definition) is 3. The van der Waals surface area contributed by atoms with E-state index in [0.717, 1.165) is 5.56 Å². The number of carbonyl (C=O) groups excluding carboxylic acids is 2. The van der Waals surface area contributed by atoms with E-state index in [9.17, 15) is 19.5 Å². The summed E-state index contributed by atoms with van der Waals surface area (Å²) in [5, 5.41) is 9.64. The molecule has 0 aliphatic rings. The fraction of sp³-hybridized carbons (Fsp3) is 0.250. The number of rotatable bonds is 8. The van der Waals surface area contributed by atoms with Crippen LogP contribution in [0.1, 0.15) is 11.1 Å². The van der Waals surface area contributed by atoms with Crippen molar-refractivity contribution >= 4 is 17.8 Å². The predicted molar refractivity (Wildman–Crippen MR) is 101 cm³/mol. The third kappa shape index (κ3) is 5.47. The van der Waals surface area contributed by atoms with Crippen LogP contribution in [0.2, 0.25) is 0 Å². The Hall–Kier alpha value is -3.03. The van der Waals surface area contributed by atoms with E-state index < -0.39 is 36.4 Å². The van der Waals surface area contributed by atoms with E-state index in [0.29, 0.717) is 10.5 Å². The SMILES string of the molecule is NCC(=O)N(C(=O)C(N)Cc1ccccc1)C(Cc1ccccc1)C(=O)O. The molecule has 0 aromatic heterocycles. The standard InChI is InChI=1S/C20H23N3O4/c21-13-18(24)23(17(20(26)27)12-15-9-5-2-6-10-15)19(25)16(22)11-14-7-3-1-4-8-14/h1-10,16-17H,11-13,21-22H2,(H,26,27). The normalized spacial score (nSPS) is 12.8. The van der Waals surface area contributed by atoms with E-state index in [1.165, 1.54) is 0 Å². The third-order valence-electron chi connectivity index (χ3n) is 4.16. The maximum absolute atomic E-state index is 12.8. The number of hydrogen-bond acceptors (Lipinski definition) is 5. The molecule has 142 valence electrons. The van der Waals surface area contributed by atoms with E-state index in [2.05, 4.69) is 0 Å². The second-order valence-electron chi connectivity index (χ2n) is 6.15. The average molecular weight is 369 g/mol. The summed E-state index contributed by atoms with van der Waals surface area (Å²) in [6, 6.07) is 15.4. The van der Waals surface area contributed by atoms with Crippen molar-refractivity contribution in [2.45, 2.75) is 24.9 Å². The van der Waals surface area contributed by atoms with Crippen LogP contribution in [0.3, 0.4) is 0 Å². The maximum atomic E-state index is 12.8. The van der Waals surface area contributed by atoms with Crippen LogP contribution in [0.25, 0.3) is 0 Å². The molecule has 2 amide bonds. The number of benzene rings is 2. The molecule has 2 rings (SSSR count). The monoisotopic (exact) mass is 369 g/mol. The number of imide groups is 1. The average Bonchev–Trinajstić information content (AvgIpc) is 2.68. The minimum absolute atomic E-state index is 0.0221. The van der Waals surface area contributed by atoms with Gasteiger partial charge in [0.15, 0.2) is 0 Å². The summed E-state index contributed by atoms with van der Waals surface area (Å²) in [6.45, 7) is -0.484. The minimum Gasteiger partial charge on any atom is -0.480 e. The summed E-state index contributed by atoms with van der Waals surface area (Å²) in [5.41, 5.74) is 12.9. The van der Waals surface area contributed by atoms with Gasteiger partial charge in [0.25, 0.3) is 0 Å². The number of carboxylic acid groups (broad SMARTS) is 1. The molecule has 0 fully saturated rings. The van der Waals surface area contributed by atoms with E-state index >= 15 is 0 Å². The molecule has 0 heterocycles. The van der Waals surface area contributed by atoms with E-state index in [-0.39, 0.29) is 12.8 Å². The van der Waals surface area contributed by atoms with Crippen LogP contribution in [0.4, 0.5) is 0 Å². The quantitative estimate of drug-likeness (QED) is 0.624. The molecule has 0 radical (unpaired) electrons. The summed E-state index contributed by atoms with van der Waals surface area (Å²) in [5.74, 6) is -2.81. The van der Waals surface area contributed by atoms with E-state index in [1.807, 2.05) is 18.2 Å². The van der Waals surface area contributed by atoms with Crippen molar-refractivity contribution in [3.8, 4) is 0 Å². The largest absolute Gasteiger partial charge is 0.480 e. The molecule has 0 bridgehead atoms. The van der Waals surface area contributed by atoms with Gasteiger partial charge >= 0.3 is 5.97 Å². The zero-order valence-electron chi connectivity index (χ0n) is 14.8. The smallest absolute Gasteiger partial charge is 0.327 e. The lowest BCUT2D eigenvalue weighted by atomic mass is 10.0. The molecule has 2 aromatic carbocycles. The Morgan fingerprint density at radius 1 is 0.889 bits per heavy atom.